The standard InChI is InChI=1S/C17H27N3O3.ClH/c1-13(20-17(22)15-9-6-12-23-15)16(21)19-11-10-18-14-7-4-2-3-5-8-14;/h6,9,12-14,18H,2-5,7-8,10-11H2,1H3,(H,19,21)(H,20,22);1H. The van der Waals surface area contributed by atoms with Gasteiger partial charge in [-0.05, 0) is 31.9 Å². The van der Waals surface area contributed by atoms with Crippen LogP contribution >= 0.6 is 12.4 Å². The molecule has 1 saturated carbocycles. The van der Waals surface area contributed by atoms with Gasteiger partial charge in [-0.25, -0.2) is 0 Å². The summed E-state index contributed by atoms with van der Waals surface area (Å²) in [6, 6.07) is 3.19. The molecule has 1 atom stereocenters. The van der Waals surface area contributed by atoms with Crippen molar-refractivity contribution in [1.29, 1.82) is 0 Å². The summed E-state index contributed by atoms with van der Waals surface area (Å²) in [6.07, 6.45) is 9.13. The second-order valence-electron chi connectivity index (χ2n) is 6.11. The van der Waals surface area contributed by atoms with Gasteiger partial charge in [-0.1, -0.05) is 25.7 Å². The van der Waals surface area contributed by atoms with Gasteiger partial charge in [0.2, 0.25) is 5.91 Å². The van der Waals surface area contributed by atoms with Gasteiger partial charge in [0.05, 0.1) is 6.26 Å². The normalized spacial score (nSPS) is 16.5. The van der Waals surface area contributed by atoms with Crippen LogP contribution in [0.15, 0.2) is 22.8 Å². The Labute approximate surface area is 149 Å². The maximum Gasteiger partial charge on any atom is 0.287 e. The minimum atomic E-state index is -0.592. The van der Waals surface area contributed by atoms with Crippen LogP contribution in [0, 0.1) is 0 Å². The fourth-order valence-electron chi connectivity index (χ4n) is 2.84. The smallest absolute Gasteiger partial charge is 0.287 e. The van der Waals surface area contributed by atoms with E-state index in [0.29, 0.717) is 12.6 Å². The van der Waals surface area contributed by atoms with Crippen LogP contribution in [0.4, 0.5) is 0 Å². The van der Waals surface area contributed by atoms with Crippen molar-refractivity contribution in [3.05, 3.63) is 24.2 Å². The van der Waals surface area contributed by atoms with Crippen LogP contribution < -0.4 is 16.0 Å². The number of carbonyl (C=O) groups excluding carboxylic acids is 2. The Kier molecular flexibility index (Phi) is 9.49. The monoisotopic (exact) mass is 357 g/mol. The first-order valence-corrected chi connectivity index (χ1v) is 8.52. The van der Waals surface area contributed by atoms with Gasteiger partial charge < -0.3 is 20.4 Å². The molecule has 1 aliphatic carbocycles. The molecule has 136 valence electrons. The molecule has 0 saturated heterocycles. The van der Waals surface area contributed by atoms with E-state index in [-0.39, 0.29) is 30.0 Å². The third kappa shape index (κ3) is 6.93. The zero-order valence-corrected chi connectivity index (χ0v) is 15.0. The number of hydrogen-bond acceptors (Lipinski definition) is 4. The molecular weight excluding hydrogens is 330 g/mol. The van der Waals surface area contributed by atoms with Gasteiger partial charge in [-0.15, -0.1) is 12.4 Å². The molecule has 1 heterocycles. The van der Waals surface area contributed by atoms with E-state index in [1.165, 1.54) is 44.8 Å². The zero-order valence-electron chi connectivity index (χ0n) is 14.2. The van der Waals surface area contributed by atoms with Crippen LogP contribution in [0.3, 0.4) is 0 Å². The van der Waals surface area contributed by atoms with E-state index in [9.17, 15) is 9.59 Å². The van der Waals surface area contributed by atoms with Crippen LogP contribution in [0.5, 0.6) is 0 Å². The molecule has 7 heteroatoms. The van der Waals surface area contributed by atoms with Crippen molar-refractivity contribution < 1.29 is 14.0 Å². The molecule has 1 aromatic heterocycles. The lowest BCUT2D eigenvalue weighted by molar-refractivity contribution is -0.122. The van der Waals surface area contributed by atoms with E-state index in [2.05, 4.69) is 16.0 Å². The molecule has 0 aliphatic heterocycles. The van der Waals surface area contributed by atoms with Gasteiger partial charge in [0.15, 0.2) is 5.76 Å². The van der Waals surface area contributed by atoms with Crippen molar-refractivity contribution >= 4 is 24.2 Å². The summed E-state index contributed by atoms with van der Waals surface area (Å²) >= 11 is 0. The first kappa shape index (κ1) is 20.5. The predicted octanol–water partition coefficient (Wildman–Crippen LogP) is 2.25. The van der Waals surface area contributed by atoms with Crippen molar-refractivity contribution in [1.82, 2.24) is 16.0 Å². The SMILES string of the molecule is CC(NC(=O)c1ccco1)C(=O)NCCNC1CCCCCC1.Cl. The van der Waals surface area contributed by atoms with Gasteiger partial charge in [0, 0.05) is 19.1 Å². The number of hydrogen-bond donors (Lipinski definition) is 3. The molecule has 0 spiro atoms. The molecule has 0 radical (unpaired) electrons. The minimum absolute atomic E-state index is 0. The number of furan rings is 1. The quantitative estimate of drug-likeness (QED) is 0.516. The van der Waals surface area contributed by atoms with Gasteiger partial charge in [-0.3, -0.25) is 9.59 Å². The zero-order chi connectivity index (χ0) is 16.5. The molecular formula is C17H28ClN3O3. The predicted molar refractivity (Wildman–Crippen MR) is 95.4 cm³/mol. The van der Waals surface area contributed by atoms with Crippen LogP contribution in [0.1, 0.15) is 56.0 Å². The number of nitrogens with one attached hydrogen (secondary N) is 3. The number of rotatable bonds is 7. The second kappa shape index (κ2) is 11.1. The van der Waals surface area contributed by atoms with Gasteiger partial charge in [0.1, 0.15) is 6.04 Å². The number of amides is 2. The molecule has 0 bridgehead atoms. The molecule has 0 aromatic carbocycles. The summed E-state index contributed by atoms with van der Waals surface area (Å²) < 4.78 is 5.00. The molecule has 3 N–H and O–H groups in total. The lowest BCUT2D eigenvalue weighted by atomic mass is 10.1. The highest BCUT2D eigenvalue weighted by atomic mass is 35.5. The molecule has 1 unspecified atom stereocenters. The minimum Gasteiger partial charge on any atom is -0.459 e. The summed E-state index contributed by atoms with van der Waals surface area (Å²) in [5, 5.41) is 8.96. The van der Waals surface area contributed by atoms with E-state index in [0.717, 1.165) is 6.54 Å². The summed E-state index contributed by atoms with van der Waals surface area (Å²) in [6.45, 7) is 2.99. The third-order valence-corrected chi connectivity index (χ3v) is 4.20. The maximum absolute atomic E-state index is 12.0. The maximum atomic E-state index is 12.0. The molecule has 2 rings (SSSR count). The first-order valence-electron chi connectivity index (χ1n) is 8.52. The summed E-state index contributed by atoms with van der Waals surface area (Å²) in [5.74, 6) is -0.360. The second-order valence-corrected chi connectivity index (χ2v) is 6.11. The highest BCUT2D eigenvalue weighted by Gasteiger charge is 2.17. The van der Waals surface area contributed by atoms with Crippen molar-refractivity contribution in [2.75, 3.05) is 13.1 Å². The largest absolute Gasteiger partial charge is 0.459 e. The average molecular weight is 358 g/mol. The van der Waals surface area contributed by atoms with E-state index >= 15 is 0 Å². The van der Waals surface area contributed by atoms with Crippen LogP contribution in [0.2, 0.25) is 0 Å². The Morgan fingerprint density at radius 1 is 1.21 bits per heavy atom. The highest BCUT2D eigenvalue weighted by Crippen LogP contribution is 2.16. The molecule has 1 fully saturated rings. The highest BCUT2D eigenvalue weighted by molar-refractivity contribution is 5.95. The van der Waals surface area contributed by atoms with Gasteiger partial charge in [-0.2, -0.15) is 0 Å². The Hall–Kier alpha value is -1.53. The molecule has 6 nitrogen and oxygen atoms in total. The van der Waals surface area contributed by atoms with Crippen molar-refractivity contribution in [2.24, 2.45) is 0 Å². The van der Waals surface area contributed by atoms with Gasteiger partial charge >= 0.3 is 0 Å². The Bertz CT molecular complexity index is 485. The number of halogens is 1. The summed E-state index contributed by atoms with van der Waals surface area (Å²) in [5.41, 5.74) is 0. The fourth-order valence-corrected chi connectivity index (χ4v) is 2.84. The van der Waals surface area contributed by atoms with E-state index in [1.807, 2.05) is 0 Å². The van der Waals surface area contributed by atoms with E-state index < -0.39 is 6.04 Å². The fraction of sp³-hybridized carbons (Fsp3) is 0.647. The van der Waals surface area contributed by atoms with E-state index in [4.69, 9.17) is 4.42 Å². The average Bonchev–Trinajstić information content (AvgIpc) is 2.96. The van der Waals surface area contributed by atoms with Crippen molar-refractivity contribution in [2.45, 2.75) is 57.5 Å². The van der Waals surface area contributed by atoms with Gasteiger partial charge in [0.25, 0.3) is 5.91 Å². The van der Waals surface area contributed by atoms with Crippen LogP contribution in [-0.4, -0.2) is 37.0 Å². The molecule has 24 heavy (non-hydrogen) atoms. The Morgan fingerprint density at radius 3 is 2.54 bits per heavy atom. The summed E-state index contributed by atoms with van der Waals surface area (Å²) in [7, 11) is 0. The molecule has 1 aliphatic rings. The molecule has 2 amide bonds. The summed E-state index contributed by atoms with van der Waals surface area (Å²) in [4.78, 5) is 23.8. The lowest BCUT2D eigenvalue weighted by Gasteiger charge is -2.17. The Morgan fingerprint density at radius 2 is 1.92 bits per heavy atom. The van der Waals surface area contributed by atoms with Crippen molar-refractivity contribution in [3.63, 3.8) is 0 Å². The Balaban J connectivity index is 0.00000288. The topological polar surface area (TPSA) is 83.4 Å². The lowest BCUT2D eigenvalue weighted by Crippen LogP contribution is -2.46. The van der Waals surface area contributed by atoms with Crippen LogP contribution in [0.25, 0.3) is 0 Å². The molecule has 1 aromatic rings. The van der Waals surface area contributed by atoms with Crippen LogP contribution in [-0.2, 0) is 4.79 Å². The van der Waals surface area contributed by atoms with E-state index in [1.54, 1.807) is 19.1 Å². The first-order chi connectivity index (χ1) is 11.2. The third-order valence-electron chi connectivity index (χ3n) is 4.20. The van der Waals surface area contributed by atoms with Crippen molar-refractivity contribution in [3.8, 4) is 0 Å². The number of carbonyl (C=O) groups is 2.